The number of hydrogen-bond donors (Lipinski definition) is 7. The summed E-state index contributed by atoms with van der Waals surface area (Å²) in [6, 6.07) is 10.9. The minimum absolute atomic E-state index is 0.0805. The van der Waals surface area contributed by atoms with E-state index in [1.165, 1.54) is 6.07 Å². The Balaban J connectivity index is 0.000000522. The van der Waals surface area contributed by atoms with E-state index >= 15 is 0 Å². The third kappa shape index (κ3) is 12.0. The largest absolute Gasteiger partial charge is 0.497 e. The molecular weight excluding hydrogens is 618 g/mol. The summed E-state index contributed by atoms with van der Waals surface area (Å²) in [6.07, 6.45) is 2.70. The molecule has 7 N–H and O–H groups in total. The van der Waals surface area contributed by atoms with Gasteiger partial charge in [-0.25, -0.2) is 28.0 Å². The highest BCUT2D eigenvalue weighted by Crippen LogP contribution is 2.27. The van der Waals surface area contributed by atoms with Gasteiger partial charge in [0.1, 0.15) is 5.75 Å². The van der Waals surface area contributed by atoms with Crippen LogP contribution in [0.4, 0.5) is 14.5 Å². The molecule has 1 aromatic heterocycles. The summed E-state index contributed by atoms with van der Waals surface area (Å²) in [5.41, 5.74) is 1.84. The molecule has 0 radical (unpaired) electrons. The number of nitrogens with zero attached hydrogens (tertiary/aromatic N) is 2. The summed E-state index contributed by atoms with van der Waals surface area (Å²) in [5, 5.41) is 47.1. The van der Waals surface area contributed by atoms with E-state index in [0.29, 0.717) is 6.54 Å². The molecular formula is C29H32F2N4O11. The lowest BCUT2D eigenvalue weighted by Crippen LogP contribution is -2.45. The van der Waals surface area contributed by atoms with E-state index < -0.39 is 41.6 Å². The van der Waals surface area contributed by atoms with Gasteiger partial charge >= 0.3 is 23.9 Å². The fourth-order valence-corrected chi connectivity index (χ4v) is 4.24. The quantitative estimate of drug-likeness (QED) is 0.171. The first-order valence-corrected chi connectivity index (χ1v) is 13.5. The number of halogens is 2. The Labute approximate surface area is 260 Å². The first kappa shape index (κ1) is 36.9. The van der Waals surface area contributed by atoms with Crippen molar-refractivity contribution in [3.8, 4) is 5.75 Å². The first-order valence-electron chi connectivity index (χ1n) is 13.5. The number of methoxy groups -OCH3 is 1. The van der Waals surface area contributed by atoms with Gasteiger partial charge in [-0.15, -0.1) is 0 Å². The number of pyridine rings is 1. The van der Waals surface area contributed by atoms with Crippen molar-refractivity contribution in [2.24, 2.45) is 0 Å². The van der Waals surface area contributed by atoms with Crippen LogP contribution in [0.15, 0.2) is 48.7 Å². The van der Waals surface area contributed by atoms with Gasteiger partial charge in [-0.1, -0.05) is 0 Å². The van der Waals surface area contributed by atoms with E-state index in [-0.39, 0.29) is 24.2 Å². The number of piperidine rings is 1. The topological polar surface area (TPSA) is 236 Å². The first-order chi connectivity index (χ1) is 21.7. The standard InChI is InChI=1S/C25H28F2N4O3.2C2H2O4/c1-34-18-3-5-23-20(13-18)19(6-9-28-23)24(32)15-31-10-7-16(8-11-31)29-14-25(33)30-17-2-4-21(26)22(27)12-17;2*3-1(4)2(5)6/h2-6,9,12-13,16,24,29,32H,7-8,10-11,14-15H2,1H3,(H,30,33);2*(H,3,4)(H,5,6)/t24-;;/m0../s1. The third-order valence-corrected chi connectivity index (χ3v) is 6.48. The summed E-state index contributed by atoms with van der Waals surface area (Å²) in [6.45, 7) is 2.15. The molecule has 1 fully saturated rings. The van der Waals surface area contributed by atoms with E-state index in [0.717, 1.165) is 60.3 Å². The van der Waals surface area contributed by atoms with E-state index in [2.05, 4.69) is 20.5 Å². The fraction of sp³-hybridized carbons (Fsp3) is 0.310. The predicted molar refractivity (Wildman–Crippen MR) is 156 cm³/mol. The van der Waals surface area contributed by atoms with Crippen LogP contribution in [0.1, 0.15) is 24.5 Å². The lowest BCUT2D eigenvalue weighted by atomic mass is 10.0. The molecule has 17 heteroatoms. The van der Waals surface area contributed by atoms with Crippen molar-refractivity contribution in [2.75, 3.05) is 38.6 Å². The maximum atomic E-state index is 13.3. The van der Waals surface area contributed by atoms with Crippen molar-refractivity contribution in [3.05, 3.63) is 65.9 Å². The normalized spacial score (nSPS) is 13.7. The van der Waals surface area contributed by atoms with Crippen LogP contribution < -0.4 is 15.4 Å². The van der Waals surface area contributed by atoms with E-state index in [9.17, 15) is 18.7 Å². The molecule has 15 nitrogen and oxygen atoms in total. The van der Waals surface area contributed by atoms with Crippen LogP contribution in [-0.4, -0.2) is 105 Å². The van der Waals surface area contributed by atoms with Crippen molar-refractivity contribution in [1.82, 2.24) is 15.2 Å². The molecule has 4 rings (SSSR count). The van der Waals surface area contributed by atoms with Crippen molar-refractivity contribution >= 4 is 46.4 Å². The van der Waals surface area contributed by atoms with Crippen LogP contribution in [0.3, 0.4) is 0 Å². The Morgan fingerprint density at radius 2 is 1.52 bits per heavy atom. The van der Waals surface area contributed by atoms with Gasteiger partial charge in [0.25, 0.3) is 0 Å². The number of carbonyl (C=O) groups excluding carboxylic acids is 1. The fourth-order valence-electron chi connectivity index (χ4n) is 4.24. The lowest BCUT2D eigenvalue weighted by Gasteiger charge is -2.33. The Hall–Kier alpha value is -5.26. The molecule has 0 unspecified atom stereocenters. The van der Waals surface area contributed by atoms with Crippen LogP contribution in [-0.2, 0) is 24.0 Å². The highest BCUT2D eigenvalue weighted by atomic mass is 19.2. The van der Waals surface area contributed by atoms with Gasteiger partial charge in [-0.05, 0) is 67.9 Å². The molecule has 1 saturated heterocycles. The molecule has 0 saturated carbocycles. The maximum absolute atomic E-state index is 13.3. The molecule has 0 aliphatic carbocycles. The van der Waals surface area contributed by atoms with Gasteiger partial charge in [0.15, 0.2) is 11.6 Å². The number of aliphatic carboxylic acids is 4. The van der Waals surface area contributed by atoms with Gasteiger partial charge in [-0.3, -0.25) is 9.78 Å². The number of rotatable bonds is 8. The minimum atomic E-state index is -1.82. The average Bonchev–Trinajstić information content (AvgIpc) is 3.02. The van der Waals surface area contributed by atoms with Gasteiger partial charge in [0.2, 0.25) is 5.91 Å². The number of benzene rings is 2. The molecule has 0 bridgehead atoms. The summed E-state index contributed by atoms with van der Waals surface area (Å²) in [4.78, 5) is 55.1. The number of aromatic nitrogens is 1. The molecule has 0 spiro atoms. The number of anilines is 1. The number of carboxylic acid groups (broad SMARTS) is 4. The van der Waals surface area contributed by atoms with Gasteiger partial charge in [0, 0.05) is 35.9 Å². The molecule has 2 aromatic carbocycles. The minimum Gasteiger partial charge on any atom is -0.497 e. The van der Waals surface area contributed by atoms with Crippen molar-refractivity contribution < 1.29 is 63.0 Å². The molecule has 3 aromatic rings. The second-order valence-corrected chi connectivity index (χ2v) is 9.65. The number of carboxylic acids is 4. The van der Waals surface area contributed by atoms with Crippen molar-refractivity contribution in [1.29, 1.82) is 0 Å². The van der Waals surface area contributed by atoms with Gasteiger partial charge in [0.05, 0.1) is 25.3 Å². The zero-order valence-corrected chi connectivity index (χ0v) is 24.4. The maximum Gasteiger partial charge on any atom is 0.414 e. The Bertz CT molecular complexity index is 1500. The molecule has 1 aliphatic heterocycles. The smallest absolute Gasteiger partial charge is 0.414 e. The molecule has 1 aliphatic rings. The van der Waals surface area contributed by atoms with Gasteiger partial charge in [-0.2, -0.15) is 0 Å². The molecule has 1 atom stereocenters. The summed E-state index contributed by atoms with van der Waals surface area (Å²) < 4.78 is 31.6. The number of aliphatic hydroxyl groups excluding tert-OH is 1. The number of nitrogens with one attached hydrogen (secondary N) is 2. The zero-order chi connectivity index (χ0) is 34.4. The van der Waals surface area contributed by atoms with E-state index in [1.807, 2.05) is 24.3 Å². The van der Waals surface area contributed by atoms with Gasteiger partial charge < -0.3 is 45.8 Å². The van der Waals surface area contributed by atoms with Crippen LogP contribution in [0, 0.1) is 11.6 Å². The van der Waals surface area contributed by atoms with E-state index in [4.69, 9.17) is 44.3 Å². The monoisotopic (exact) mass is 650 g/mol. The molecule has 46 heavy (non-hydrogen) atoms. The number of ether oxygens (including phenoxy) is 1. The average molecular weight is 651 g/mol. The lowest BCUT2D eigenvalue weighted by molar-refractivity contribution is -0.159. The summed E-state index contributed by atoms with van der Waals surface area (Å²) in [5.74, 6) is -8.85. The van der Waals surface area contributed by atoms with E-state index in [1.54, 1.807) is 13.3 Å². The zero-order valence-electron chi connectivity index (χ0n) is 24.4. The van der Waals surface area contributed by atoms with Crippen molar-refractivity contribution in [2.45, 2.75) is 25.0 Å². The van der Waals surface area contributed by atoms with Crippen LogP contribution in [0.5, 0.6) is 5.75 Å². The number of aliphatic hydroxyl groups is 1. The number of likely N-dealkylation sites (tertiary alicyclic amines) is 1. The second kappa shape index (κ2) is 17.9. The van der Waals surface area contributed by atoms with Crippen LogP contribution >= 0.6 is 0 Å². The Morgan fingerprint density at radius 1 is 0.913 bits per heavy atom. The second-order valence-electron chi connectivity index (χ2n) is 9.65. The number of fused-ring (bicyclic) bond motifs is 1. The summed E-state index contributed by atoms with van der Waals surface area (Å²) >= 11 is 0. The van der Waals surface area contributed by atoms with Crippen LogP contribution in [0.25, 0.3) is 10.9 Å². The third-order valence-electron chi connectivity index (χ3n) is 6.48. The summed E-state index contributed by atoms with van der Waals surface area (Å²) in [7, 11) is 1.61. The predicted octanol–water partition coefficient (Wildman–Crippen LogP) is 1.56. The van der Waals surface area contributed by atoms with Crippen molar-refractivity contribution in [3.63, 3.8) is 0 Å². The SMILES string of the molecule is COc1ccc2nccc([C@@H](O)CN3CCC(NCC(=O)Nc4ccc(F)c(F)c4)CC3)c2c1.O=C(O)C(=O)O.O=C(O)C(=O)O. The molecule has 248 valence electrons. The Kier molecular flexibility index (Phi) is 14.4. The number of carbonyl (C=O) groups is 5. The highest BCUT2D eigenvalue weighted by molar-refractivity contribution is 6.27. The highest BCUT2D eigenvalue weighted by Gasteiger charge is 2.23. The molecule has 2 heterocycles. The molecule has 1 amide bonds. The Morgan fingerprint density at radius 3 is 2.07 bits per heavy atom. The number of hydrogen-bond acceptors (Lipinski definition) is 10. The van der Waals surface area contributed by atoms with Crippen LogP contribution in [0.2, 0.25) is 0 Å². The number of β-amino-alcohol motifs (C(OH)–C–C–N with tert-alkyl or cyclic N) is 1. The number of amides is 1.